The van der Waals surface area contributed by atoms with Gasteiger partial charge in [-0.25, -0.2) is 9.78 Å². The number of phenols is 1. The number of nitrogens with zero attached hydrogens (tertiary/aromatic N) is 2. The number of aromatic nitrogens is 2. The number of nitrogens with one attached hydrogen (secondary N) is 1. The number of carboxylic acids is 1. The summed E-state index contributed by atoms with van der Waals surface area (Å²) in [4.78, 5) is 21.2. The number of rotatable bonds is 3. The van der Waals surface area contributed by atoms with Crippen LogP contribution in [-0.2, 0) is 4.74 Å². The number of hydrogen-bond donors (Lipinski definition) is 3. The molecule has 1 aliphatic heterocycles. The van der Waals surface area contributed by atoms with Crippen molar-refractivity contribution in [2.75, 3.05) is 31.2 Å². The molecule has 3 aromatic rings. The Kier molecular flexibility index (Phi) is 3.77. The Balaban J connectivity index is 1.71. The molecule has 0 saturated carbocycles. The van der Waals surface area contributed by atoms with Gasteiger partial charge in [0.15, 0.2) is 0 Å². The molecule has 0 unspecified atom stereocenters. The van der Waals surface area contributed by atoms with Crippen LogP contribution in [0.3, 0.4) is 0 Å². The summed E-state index contributed by atoms with van der Waals surface area (Å²) in [5.41, 5.74) is 3.23. The van der Waals surface area contributed by atoms with Gasteiger partial charge in [-0.3, -0.25) is 0 Å². The Bertz CT molecular complexity index is 945. The van der Waals surface area contributed by atoms with Crippen molar-refractivity contribution in [3.63, 3.8) is 0 Å². The Hall–Kier alpha value is -3.06. The van der Waals surface area contributed by atoms with Gasteiger partial charge in [0.25, 0.3) is 0 Å². The van der Waals surface area contributed by atoms with Crippen LogP contribution in [0, 0.1) is 0 Å². The number of ether oxygens (including phenoxy) is 1. The van der Waals surface area contributed by atoms with E-state index in [0.717, 1.165) is 43.0 Å². The molecule has 0 radical (unpaired) electrons. The summed E-state index contributed by atoms with van der Waals surface area (Å²) in [5, 5.41) is 18.8. The number of benzene rings is 2. The van der Waals surface area contributed by atoms with Crippen LogP contribution in [0.4, 0.5) is 5.69 Å². The Morgan fingerprint density at radius 1 is 1.16 bits per heavy atom. The largest absolute Gasteiger partial charge is 0.507 e. The second kappa shape index (κ2) is 6.10. The normalized spacial score (nSPS) is 14.8. The molecule has 2 heterocycles. The minimum atomic E-state index is -1.18. The summed E-state index contributed by atoms with van der Waals surface area (Å²) in [7, 11) is 0. The van der Waals surface area contributed by atoms with E-state index in [1.165, 1.54) is 12.1 Å². The van der Waals surface area contributed by atoms with E-state index in [1.54, 1.807) is 6.07 Å². The number of hydrogen-bond acceptors (Lipinski definition) is 5. The van der Waals surface area contributed by atoms with Crippen molar-refractivity contribution in [1.29, 1.82) is 0 Å². The molecule has 7 heteroatoms. The Labute approximate surface area is 143 Å². The first kappa shape index (κ1) is 15.5. The molecule has 0 bridgehead atoms. The van der Waals surface area contributed by atoms with Gasteiger partial charge in [-0.2, -0.15) is 0 Å². The fraction of sp³-hybridized carbons (Fsp3) is 0.222. The van der Waals surface area contributed by atoms with Gasteiger partial charge in [-0.05, 0) is 36.4 Å². The van der Waals surface area contributed by atoms with Crippen LogP contribution in [0.1, 0.15) is 10.4 Å². The van der Waals surface area contributed by atoms with E-state index in [-0.39, 0.29) is 11.3 Å². The average Bonchev–Trinajstić information content (AvgIpc) is 3.05. The topological polar surface area (TPSA) is 98.7 Å². The van der Waals surface area contributed by atoms with Gasteiger partial charge in [-0.1, -0.05) is 0 Å². The van der Waals surface area contributed by atoms with Crippen molar-refractivity contribution in [1.82, 2.24) is 9.97 Å². The Morgan fingerprint density at radius 2 is 1.96 bits per heavy atom. The lowest BCUT2D eigenvalue weighted by molar-refractivity contribution is 0.0694. The predicted octanol–water partition coefficient (Wildman–Crippen LogP) is 2.47. The van der Waals surface area contributed by atoms with E-state index in [1.807, 2.05) is 18.2 Å². The van der Waals surface area contributed by atoms with Crippen molar-refractivity contribution in [2.45, 2.75) is 0 Å². The van der Waals surface area contributed by atoms with Crippen LogP contribution in [0.25, 0.3) is 22.4 Å². The molecule has 25 heavy (non-hydrogen) atoms. The third-order valence-electron chi connectivity index (χ3n) is 4.34. The molecule has 3 N–H and O–H groups in total. The highest BCUT2D eigenvalue weighted by Gasteiger charge is 2.15. The molecule has 0 aliphatic carbocycles. The molecular formula is C18H17N3O4. The van der Waals surface area contributed by atoms with Crippen LogP contribution in [-0.4, -0.2) is 52.5 Å². The number of aromatic carboxylic acids is 1. The number of fused-ring (bicyclic) bond motifs is 1. The van der Waals surface area contributed by atoms with Crippen LogP contribution < -0.4 is 4.90 Å². The average molecular weight is 339 g/mol. The summed E-state index contributed by atoms with van der Waals surface area (Å²) in [6.07, 6.45) is 0. The molecule has 7 nitrogen and oxygen atoms in total. The third kappa shape index (κ3) is 2.89. The zero-order valence-electron chi connectivity index (χ0n) is 13.4. The van der Waals surface area contributed by atoms with E-state index >= 15 is 0 Å². The third-order valence-corrected chi connectivity index (χ3v) is 4.34. The number of aromatic amines is 1. The SMILES string of the molecule is O=C(O)c1cc(-c2nc3cc(N4CCOCC4)ccc3[nH]2)ccc1O. The maximum absolute atomic E-state index is 11.2. The smallest absolute Gasteiger partial charge is 0.339 e. The second-order valence-corrected chi connectivity index (χ2v) is 5.92. The van der Waals surface area contributed by atoms with Crippen LogP contribution >= 0.6 is 0 Å². The van der Waals surface area contributed by atoms with E-state index in [0.29, 0.717) is 11.4 Å². The van der Waals surface area contributed by atoms with Crippen molar-refractivity contribution >= 4 is 22.7 Å². The molecule has 1 saturated heterocycles. The first-order chi connectivity index (χ1) is 12.1. The molecule has 128 valence electrons. The fourth-order valence-electron chi connectivity index (χ4n) is 3.00. The van der Waals surface area contributed by atoms with Crippen LogP contribution in [0.15, 0.2) is 36.4 Å². The molecule has 4 rings (SSSR count). The first-order valence-electron chi connectivity index (χ1n) is 8.01. The molecule has 2 aromatic carbocycles. The van der Waals surface area contributed by atoms with Gasteiger partial charge in [0.2, 0.25) is 0 Å². The molecule has 1 fully saturated rings. The molecule has 0 spiro atoms. The minimum absolute atomic E-state index is 0.146. The maximum atomic E-state index is 11.2. The van der Waals surface area contributed by atoms with Crippen LogP contribution in [0.5, 0.6) is 5.75 Å². The molecular weight excluding hydrogens is 322 g/mol. The lowest BCUT2D eigenvalue weighted by Crippen LogP contribution is -2.36. The Morgan fingerprint density at radius 3 is 2.72 bits per heavy atom. The first-order valence-corrected chi connectivity index (χ1v) is 8.01. The van der Waals surface area contributed by atoms with E-state index in [4.69, 9.17) is 9.84 Å². The molecule has 1 aliphatic rings. The zero-order valence-corrected chi connectivity index (χ0v) is 13.4. The van der Waals surface area contributed by atoms with Crippen molar-refractivity contribution in [3.05, 3.63) is 42.0 Å². The lowest BCUT2D eigenvalue weighted by atomic mass is 10.1. The number of morpholine rings is 1. The van der Waals surface area contributed by atoms with Gasteiger partial charge in [-0.15, -0.1) is 0 Å². The standard InChI is InChI=1S/C18H17N3O4/c22-16-4-1-11(9-13(16)18(23)24)17-19-14-3-2-12(10-15(14)20-17)21-5-7-25-8-6-21/h1-4,9-10,22H,5-8H2,(H,19,20)(H,23,24). The van der Waals surface area contributed by atoms with Gasteiger partial charge in [0.1, 0.15) is 17.1 Å². The lowest BCUT2D eigenvalue weighted by Gasteiger charge is -2.28. The van der Waals surface area contributed by atoms with Crippen molar-refractivity contribution in [2.24, 2.45) is 0 Å². The second-order valence-electron chi connectivity index (χ2n) is 5.92. The zero-order chi connectivity index (χ0) is 17.4. The van der Waals surface area contributed by atoms with Crippen LogP contribution in [0.2, 0.25) is 0 Å². The highest BCUT2D eigenvalue weighted by molar-refractivity contribution is 5.92. The number of carbonyl (C=O) groups is 1. The van der Waals surface area contributed by atoms with Gasteiger partial charge in [0, 0.05) is 24.3 Å². The van der Waals surface area contributed by atoms with Crippen molar-refractivity contribution in [3.8, 4) is 17.1 Å². The number of anilines is 1. The highest BCUT2D eigenvalue weighted by atomic mass is 16.5. The summed E-state index contributed by atoms with van der Waals surface area (Å²) in [6.45, 7) is 3.14. The summed E-state index contributed by atoms with van der Waals surface area (Å²) >= 11 is 0. The number of imidazole rings is 1. The number of H-pyrrole nitrogens is 1. The van der Waals surface area contributed by atoms with Gasteiger partial charge < -0.3 is 24.8 Å². The van der Waals surface area contributed by atoms with E-state index < -0.39 is 5.97 Å². The summed E-state index contributed by atoms with van der Waals surface area (Å²) in [5.74, 6) is -0.872. The minimum Gasteiger partial charge on any atom is -0.507 e. The van der Waals surface area contributed by atoms with E-state index in [2.05, 4.69) is 14.9 Å². The van der Waals surface area contributed by atoms with Gasteiger partial charge >= 0.3 is 5.97 Å². The quantitative estimate of drug-likeness (QED) is 0.678. The molecule has 1 aromatic heterocycles. The van der Waals surface area contributed by atoms with E-state index in [9.17, 15) is 9.90 Å². The molecule has 0 atom stereocenters. The van der Waals surface area contributed by atoms with Gasteiger partial charge in [0.05, 0.1) is 24.2 Å². The number of aromatic hydroxyl groups is 1. The van der Waals surface area contributed by atoms with Crippen molar-refractivity contribution < 1.29 is 19.7 Å². The fourth-order valence-corrected chi connectivity index (χ4v) is 3.00. The summed E-state index contributed by atoms with van der Waals surface area (Å²) in [6, 6.07) is 10.4. The predicted molar refractivity (Wildman–Crippen MR) is 93.2 cm³/mol. The molecule has 0 amide bonds. The number of carboxylic acid groups (broad SMARTS) is 1. The highest BCUT2D eigenvalue weighted by Crippen LogP contribution is 2.28. The monoisotopic (exact) mass is 339 g/mol. The summed E-state index contributed by atoms with van der Waals surface area (Å²) < 4.78 is 5.38. The maximum Gasteiger partial charge on any atom is 0.339 e.